The number of hydrogen-bond donors (Lipinski definition) is 1. The molecule has 0 saturated carbocycles. The van der Waals surface area contributed by atoms with E-state index in [-0.39, 0.29) is 17.7 Å². The summed E-state index contributed by atoms with van der Waals surface area (Å²) in [6, 6.07) is 0. The summed E-state index contributed by atoms with van der Waals surface area (Å²) < 4.78 is 29.5. The standard InChI is InChI=1S/C10H12F2N2O2/c1-5-6(3-8(15)16-2)9(13)7(4-14-5)10(11)12/h4,10H,3H2,1-2H3,(H2,13,14). The van der Waals surface area contributed by atoms with Gasteiger partial charge in [-0.15, -0.1) is 0 Å². The van der Waals surface area contributed by atoms with E-state index in [9.17, 15) is 13.6 Å². The van der Waals surface area contributed by atoms with Gasteiger partial charge in [0.15, 0.2) is 0 Å². The lowest BCUT2D eigenvalue weighted by atomic mass is 10.1. The van der Waals surface area contributed by atoms with E-state index >= 15 is 0 Å². The van der Waals surface area contributed by atoms with Gasteiger partial charge in [-0.25, -0.2) is 8.78 Å². The Morgan fingerprint density at radius 1 is 1.62 bits per heavy atom. The SMILES string of the molecule is COC(=O)Cc1c(C)ncc(C(F)F)c1N. The minimum atomic E-state index is -2.70. The van der Waals surface area contributed by atoms with Crippen LogP contribution >= 0.6 is 0 Å². The van der Waals surface area contributed by atoms with Crippen LogP contribution in [0, 0.1) is 6.92 Å². The van der Waals surface area contributed by atoms with Crippen molar-refractivity contribution >= 4 is 11.7 Å². The maximum atomic E-state index is 12.5. The van der Waals surface area contributed by atoms with Gasteiger partial charge in [0.2, 0.25) is 0 Å². The van der Waals surface area contributed by atoms with Crippen LogP contribution < -0.4 is 5.73 Å². The highest BCUT2D eigenvalue weighted by Gasteiger charge is 2.18. The summed E-state index contributed by atoms with van der Waals surface area (Å²) in [5.41, 5.74) is 5.86. The average Bonchev–Trinajstić information content (AvgIpc) is 2.23. The predicted octanol–water partition coefficient (Wildman–Crippen LogP) is 1.63. The molecule has 0 bridgehead atoms. The number of aromatic nitrogens is 1. The topological polar surface area (TPSA) is 65.2 Å². The van der Waals surface area contributed by atoms with E-state index in [4.69, 9.17) is 5.73 Å². The van der Waals surface area contributed by atoms with Crippen molar-refractivity contribution in [1.82, 2.24) is 4.98 Å². The Morgan fingerprint density at radius 2 is 2.25 bits per heavy atom. The van der Waals surface area contributed by atoms with E-state index in [1.807, 2.05) is 0 Å². The molecule has 4 nitrogen and oxygen atoms in total. The Kier molecular flexibility index (Phi) is 3.76. The van der Waals surface area contributed by atoms with Crippen LogP contribution in [-0.4, -0.2) is 18.1 Å². The van der Waals surface area contributed by atoms with Crippen molar-refractivity contribution in [2.24, 2.45) is 0 Å². The molecule has 0 aliphatic rings. The molecule has 0 radical (unpaired) electrons. The minimum absolute atomic E-state index is 0.0899. The van der Waals surface area contributed by atoms with Gasteiger partial charge < -0.3 is 10.5 Å². The second kappa shape index (κ2) is 4.87. The summed E-state index contributed by atoms with van der Waals surface area (Å²) in [4.78, 5) is 14.9. The van der Waals surface area contributed by atoms with Gasteiger partial charge in [-0.3, -0.25) is 9.78 Å². The highest BCUT2D eigenvalue weighted by Crippen LogP contribution is 2.28. The lowest BCUT2D eigenvalue weighted by molar-refractivity contribution is -0.139. The van der Waals surface area contributed by atoms with Gasteiger partial charge in [0.25, 0.3) is 6.43 Å². The molecule has 1 aromatic rings. The first-order valence-electron chi connectivity index (χ1n) is 4.56. The van der Waals surface area contributed by atoms with Gasteiger partial charge in [-0.1, -0.05) is 0 Å². The van der Waals surface area contributed by atoms with Crippen LogP contribution in [0.5, 0.6) is 0 Å². The van der Waals surface area contributed by atoms with Crippen molar-refractivity contribution in [1.29, 1.82) is 0 Å². The number of nitrogens with two attached hydrogens (primary N) is 1. The number of esters is 1. The highest BCUT2D eigenvalue weighted by molar-refractivity contribution is 5.75. The molecule has 0 atom stereocenters. The smallest absolute Gasteiger partial charge is 0.310 e. The lowest BCUT2D eigenvalue weighted by Gasteiger charge is -2.11. The molecule has 1 aromatic heterocycles. The number of pyridine rings is 1. The highest BCUT2D eigenvalue weighted by atomic mass is 19.3. The van der Waals surface area contributed by atoms with E-state index in [1.165, 1.54) is 7.11 Å². The Hall–Kier alpha value is -1.72. The van der Waals surface area contributed by atoms with Crippen molar-refractivity contribution in [2.75, 3.05) is 12.8 Å². The number of nitrogens with zero attached hydrogens (tertiary/aromatic N) is 1. The maximum absolute atomic E-state index is 12.5. The fraction of sp³-hybridized carbons (Fsp3) is 0.400. The number of anilines is 1. The molecule has 0 saturated heterocycles. The zero-order valence-electron chi connectivity index (χ0n) is 8.96. The molecule has 0 spiro atoms. The fourth-order valence-corrected chi connectivity index (χ4v) is 1.30. The number of nitrogen functional groups attached to an aromatic ring is 1. The normalized spacial score (nSPS) is 10.6. The third kappa shape index (κ3) is 2.44. The molecule has 2 N–H and O–H groups in total. The van der Waals surface area contributed by atoms with Crippen molar-refractivity contribution in [3.05, 3.63) is 23.0 Å². The van der Waals surface area contributed by atoms with Crippen LogP contribution in [0.1, 0.15) is 23.2 Å². The number of methoxy groups -OCH3 is 1. The van der Waals surface area contributed by atoms with Crippen LogP contribution in [0.25, 0.3) is 0 Å². The lowest BCUT2D eigenvalue weighted by Crippen LogP contribution is -2.11. The molecule has 0 aliphatic heterocycles. The zero-order chi connectivity index (χ0) is 12.3. The number of halogens is 2. The van der Waals surface area contributed by atoms with E-state index in [1.54, 1.807) is 6.92 Å². The van der Waals surface area contributed by atoms with E-state index in [2.05, 4.69) is 9.72 Å². The Morgan fingerprint density at radius 3 is 2.75 bits per heavy atom. The number of ether oxygens (including phenoxy) is 1. The molecule has 0 unspecified atom stereocenters. The van der Waals surface area contributed by atoms with Gasteiger partial charge in [-0.05, 0) is 6.92 Å². The van der Waals surface area contributed by atoms with E-state index < -0.39 is 12.4 Å². The van der Waals surface area contributed by atoms with Crippen molar-refractivity contribution in [3.8, 4) is 0 Å². The van der Waals surface area contributed by atoms with Gasteiger partial charge in [0.1, 0.15) is 0 Å². The van der Waals surface area contributed by atoms with Crippen LogP contribution in [0.4, 0.5) is 14.5 Å². The zero-order valence-corrected chi connectivity index (χ0v) is 8.96. The fourth-order valence-electron chi connectivity index (χ4n) is 1.30. The molecule has 1 heterocycles. The van der Waals surface area contributed by atoms with Crippen LogP contribution in [0.3, 0.4) is 0 Å². The van der Waals surface area contributed by atoms with E-state index in [0.717, 1.165) is 6.20 Å². The van der Waals surface area contributed by atoms with Gasteiger partial charge >= 0.3 is 5.97 Å². The first kappa shape index (κ1) is 12.4. The first-order valence-corrected chi connectivity index (χ1v) is 4.56. The molecule has 0 fully saturated rings. The average molecular weight is 230 g/mol. The Balaban J connectivity index is 3.16. The molecule has 88 valence electrons. The van der Waals surface area contributed by atoms with Crippen LogP contribution in [0.2, 0.25) is 0 Å². The number of aryl methyl sites for hydroxylation is 1. The number of alkyl halides is 2. The molecule has 0 aliphatic carbocycles. The van der Waals surface area contributed by atoms with Gasteiger partial charge in [-0.2, -0.15) is 0 Å². The summed E-state index contributed by atoms with van der Waals surface area (Å²) in [7, 11) is 1.22. The monoisotopic (exact) mass is 230 g/mol. The van der Waals surface area contributed by atoms with Crippen LogP contribution in [0.15, 0.2) is 6.20 Å². The second-order valence-electron chi connectivity index (χ2n) is 3.24. The predicted molar refractivity (Wildman–Crippen MR) is 54.1 cm³/mol. The Bertz CT molecular complexity index is 408. The summed E-state index contributed by atoms with van der Waals surface area (Å²) >= 11 is 0. The maximum Gasteiger partial charge on any atom is 0.310 e. The molecule has 1 rings (SSSR count). The minimum Gasteiger partial charge on any atom is -0.469 e. The summed E-state index contributed by atoms with van der Waals surface area (Å²) in [5, 5.41) is 0. The summed E-state index contributed by atoms with van der Waals surface area (Å²) in [6.07, 6.45) is -1.83. The quantitative estimate of drug-likeness (QED) is 0.801. The summed E-state index contributed by atoms with van der Waals surface area (Å²) in [6.45, 7) is 1.60. The number of rotatable bonds is 3. The van der Waals surface area contributed by atoms with Crippen molar-refractivity contribution in [3.63, 3.8) is 0 Å². The van der Waals surface area contributed by atoms with Crippen LogP contribution in [-0.2, 0) is 16.0 Å². The Labute approximate surface area is 91.4 Å². The van der Waals surface area contributed by atoms with Gasteiger partial charge in [0.05, 0.1) is 19.1 Å². The van der Waals surface area contributed by atoms with Crippen molar-refractivity contribution < 1.29 is 18.3 Å². The molecule has 0 aromatic carbocycles. The van der Waals surface area contributed by atoms with Gasteiger partial charge in [0, 0.05) is 23.1 Å². The number of hydrogen-bond acceptors (Lipinski definition) is 4. The van der Waals surface area contributed by atoms with Crippen molar-refractivity contribution in [2.45, 2.75) is 19.8 Å². The molecular weight excluding hydrogens is 218 g/mol. The largest absolute Gasteiger partial charge is 0.469 e. The second-order valence-corrected chi connectivity index (χ2v) is 3.24. The molecule has 0 amide bonds. The first-order chi connectivity index (χ1) is 7.47. The third-order valence-electron chi connectivity index (χ3n) is 2.25. The number of carbonyl (C=O) groups excluding carboxylic acids is 1. The number of carbonyl (C=O) groups is 1. The molecule has 16 heavy (non-hydrogen) atoms. The third-order valence-corrected chi connectivity index (χ3v) is 2.25. The molecular formula is C10H12F2N2O2. The van der Waals surface area contributed by atoms with E-state index in [0.29, 0.717) is 11.3 Å². The summed E-state index contributed by atoms with van der Waals surface area (Å²) in [5.74, 6) is -0.539. The molecule has 6 heteroatoms.